The molecule has 0 N–H and O–H groups in total. The molecule has 1 unspecified atom stereocenters. The molecule has 2 heterocycles. The van der Waals surface area contributed by atoms with Gasteiger partial charge in [0.1, 0.15) is 6.10 Å². The standard InChI is InChI=1S/C22H26O5/c1-14-12-15(2)19-16(13-14)8-7-10-18-20(27-22(3,4)26-18)17(23)9-5-6-11-25-21(19)24/h5,7-9,12-13,18,20H,6,10-11H2,1-4H3/b8-7+,9-5-/t18-,20?/m0/s1. The lowest BCUT2D eigenvalue weighted by Gasteiger charge is -2.16. The molecule has 1 aromatic rings. The van der Waals surface area contributed by atoms with Crippen molar-refractivity contribution < 1.29 is 23.8 Å². The van der Waals surface area contributed by atoms with Gasteiger partial charge in [-0.1, -0.05) is 35.9 Å². The number of hydrogen-bond donors (Lipinski definition) is 0. The second-order valence-corrected chi connectivity index (χ2v) is 7.51. The molecule has 0 radical (unpaired) electrons. The Balaban J connectivity index is 1.96. The van der Waals surface area contributed by atoms with Gasteiger partial charge in [0.2, 0.25) is 0 Å². The van der Waals surface area contributed by atoms with Crippen LogP contribution in [0.1, 0.15) is 53.7 Å². The molecule has 0 aliphatic carbocycles. The van der Waals surface area contributed by atoms with Gasteiger partial charge in [-0.2, -0.15) is 0 Å². The van der Waals surface area contributed by atoms with Crippen LogP contribution in [0.25, 0.3) is 6.08 Å². The SMILES string of the molecule is Cc1cc(C)c2c(c1)/C=C/C[C@@H]1OC(C)(C)OC1C(=O)/C=C\CCOC2=O. The molecule has 0 amide bonds. The molecule has 0 spiro atoms. The van der Waals surface area contributed by atoms with E-state index in [-0.39, 0.29) is 24.5 Å². The topological polar surface area (TPSA) is 61.8 Å². The predicted octanol–water partition coefficient (Wildman–Crippen LogP) is 3.91. The van der Waals surface area contributed by atoms with Crippen molar-refractivity contribution in [3.8, 4) is 0 Å². The van der Waals surface area contributed by atoms with Crippen molar-refractivity contribution in [1.82, 2.24) is 0 Å². The summed E-state index contributed by atoms with van der Waals surface area (Å²) in [5.41, 5.74) is 3.35. The summed E-state index contributed by atoms with van der Waals surface area (Å²) >= 11 is 0. The zero-order valence-corrected chi connectivity index (χ0v) is 16.3. The third kappa shape index (κ3) is 4.54. The number of esters is 1. The van der Waals surface area contributed by atoms with Crippen molar-refractivity contribution in [3.63, 3.8) is 0 Å². The highest BCUT2D eigenvalue weighted by molar-refractivity contribution is 5.96. The van der Waals surface area contributed by atoms with Crippen molar-refractivity contribution in [2.45, 2.75) is 58.5 Å². The Morgan fingerprint density at radius 3 is 2.59 bits per heavy atom. The first-order chi connectivity index (χ1) is 12.8. The van der Waals surface area contributed by atoms with E-state index < -0.39 is 11.9 Å². The molecular formula is C22H26O5. The Labute approximate surface area is 160 Å². The van der Waals surface area contributed by atoms with E-state index in [2.05, 4.69) is 0 Å². The van der Waals surface area contributed by atoms with Gasteiger partial charge < -0.3 is 14.2 Å². The number of ketones is 1. The van der Waals surface area contributed by atoms with E-state index >= 15 is 0 Å². The van der Waals surface area contributed by atoms with Crippen LogP contribution in [0.3, 0.4) is 0 Å². The van der Waals surface area contributed by atoms with Gasteiger partial charge in [-0.15, -0.1) is 0 Å². The van der Waals surface area contributed by atoms with Gasteiger partial charge in [-0.25, -0.2) is 4.79 Å². The molecule has 144 valence electrons. The maximum atomic E-state index is 12.5. The smallest absolute Gasteiger partial charge is 0.339 e. The second-order valence-electron chi connectivity index (χ2n) is 7.51. The largest absolute Gasteiger partial charge is 0.462 e. The lowest BCUT2D eigenvalue weighted by atomic mass is 9.97. The van der Waals surface area contributed by atoms with Gasteiger partial charge in [-0.3, -0.25) is 4.79 Å². The van der Waals surface area contributed by atoms with Crippen molar-refractivity contribution in [1.29, 1.82) is 0 Å². The molecule has 0 saturated carbocycles. The van der Waals surface area contributed by atoms with Crippen LogP contribution in [-0.2, 0) is 19.0 Å². The van der Waals surface area contributed by atoms with Crippen LogP contribution >= 0.6 is 0 Å². The summed E-state index contributed by atoms with van der Waals surface area (Å²) in [6.07, 6.45) is 7.01. The first-order valence-electron chi connectivity index (χ1n) is 9.28. The van der Waals surface area contributed by atoms with Crippen LogP contribution in [0.4, 0.5) is 0 Å². The molecule has 3 rings (SSSR count). The fourth-order valence-electron chi connectivity index (χ4n) is 3.57. The third-order valence-electron chi connectivity index (χ3n) is 4.64. The normalized spacial score (nSPS) is 27.9. The fraction of sp³-hybridized carbons (Fsp3) is 0.455. The van der Waals surface area contributed by atoms with Gasteiger partial charge in [0, 0.05) is 0 Å². The van der Waals surface area contributed by atoms with Gasteiger partial charge in [0.15, 0.2) is 11.6 Å². The molecule has 2 aliphatic rings. The summed E-state index contributed by atoms with van der Waals surface area (Å²) in [7, 11) is 0. The average molecular weight is 370 g/mol. The summed E-state index contributed by atoms with van der Waals surface area (Å²) in [6, 6.07) is 3.94. The molecule has 0 bridgehead atoms. The highest BCUT2D eigenvalue weighted by Crippen LogP contribution is 2.31. The monoisotopic (exact) mass is 370 g/mol. The quantitative estimate of drug-likeness (QED) is 0.648. The Morgan fingerprint density at radius 1 is 1.04 bits per heavy atom. The van der Waals surface area contributed by atoms with E-state index in [1.54, 1.807) is 6.08 Å². The van der Waals surface area contributed by atoms with Crippen molar-refractivity contribution in [3.05, 3.63) is 52.6 Å². The molecule has 5 nitrogen and oxygen atoms in total. The molecule has 5 heteroatoms. The number of rotatable bonds is 0. The predicted molar refractivity (Wildman–Crippen MR) is 102 cm³/mol. The molecular weight excluding hydrogens is 344 g/mol. The molecule has 1 aromatic carbocycles. The summed E-state index contributed by atoms with van der Waals surface area (Å²) in [5.74, 6) is -1.28. The van der Waals surface area contributed by atoms with E-state index in [4.69, 9.17) is 14.2 Å². The van der Waals surface area contributed by atoms with Crippen LogP contribution in [0.2, 0.25) is 0 Å². The van der Waals surface area contributed by atoms with Gasteiger partial charge in [0.05, 0.1) is 18.3 Å². The summed E-state index contributed by atoms with van der Waals surface area (Å²) < 4.78 is 17.1. The zero-order valence-electron chi connectivity index (χ0n) is 16.3. The van der Waals surface area contributed by atoms with E-state index in [0.29, 0.717) is 18.4 Å². The molecule has 2 atom stereocenters. The summed E-state index contributed by atoms with van der Waals surface area (Å²) in [4.78, 5) is 25.0. The Bertz CT molecular complexity index is 803. The highest BCUT2D eigenvalue weighted by Gasteiger charge is 2.43. The van der Waals surface area contributed by atoms with E-state index in [1.165, 1.54) is 6.08 Å². The van der Waals surface area contributed by atoms with Crippen LogP contribution in [-0.4, -0.2) is 36.4 Å². The minimum absolute atomic E-state index is 0.130. The van der Waals surface area contributed by atoms with Gasteiger partial charge in [-0.05, 0) is 57.7 Å². The highest BCUT2D eigenvalue weighted by atomic mass is 16.8. The molecule has 1 saturated heterocycles. The van der Waals surface area contributed by atoms with Gasteiger partial charge >= 0.3 is 5.97 Å². The van der Waals surface area contributed by atoms with E-state index in [9.17, 15) is 9.59 Å². The lowest BCUT2D eigenvalue weighted by molar-refractivity contribution is -0.152. The summed E-state index contributed by atoms with van der Waals surface area (Å²) in [6.45, 7) is 7.74. The lowest BCUT2D eigenvalue weighted by Crippen LogP contribution is -2.30. The Hall–Kier alpha value is -2.24. The maximum Gasteiger partial charge on any atom is 0.339 e. The number of benzene rings is 1. The Morgan fingerprint density at radius 2 is 1.81 bits per heavy atom. The van der Waals surface area contributed by atoms with E-state index in [0.717, 1.165) is 16.7 Å². The number of fused-ring (bicyclic) bond motifs is 2. The minimum atomic E-state index is -0.801. The third-order valence-corrected chi connectivity index (χ3v) is 4.64. The van der Waals surface area contributed by atoms with Crippen molar-refractivity contribution in [2.75, 3.05) is 6.61 Å². The van der Waals surface area contributed by atoms with Crippen LogP contribution < -0.4 is 0 Å². The molecule has 2 aliphatic heterocycles. The van der Waals surface area contributed by atoms with Crippen molar-refractivity contribution in [2.24, 2.45) is 0 Å². The number of hydrogen-bond acceptors (Lipinski definition) is 5. The zero-order chi connectivity index (χ0) is 19.6. The molecule has 0 aromatic heterocycles. The first-order valence-corrected chi connectivity index (χ1v) is 9.28. The minimum Gasteiger partial charge on any atom is -0.462 e. The Kier molecular flexibility index (Phi) is 5.63. The maximum absolute atomic E-state index is 12.5. The second kappa shape index (κ2) is 7.79. The number of aryl methyl sites for hydroxylation is 2. The molecule has 1 fully saturated rings. The summed E-state index contributed by atoms with van der Waals surface area (Å²) in [5, 5.41) is 0. The van der Waals surface area contributed by atoms with Crippen molar-refractivity contribution >= 4 is 17.8 Å². The fourth-order valence-corrected chi connectivity index (χ4v) is 3.57. The number of cyclic esters (lactones) is 1. The van der Waals surface area contributed by atoms with Crippen LogP contribution in [0.15, 0.2) is 30.4 Å². The average Bonchev–Trinajstić information content (AvgIpc) is 2.88. The first kappa shape index (κ1) is 19.5. The molecule has 27 heavy (non-hydrogen) atoms. The number of ether oxygens (including phenoxy) is 3. The van der Waals surface area contributed by atoms with Crippen LogP contribution in [0, 0.1) is 13.8 Å². The number of carbonyl (C=O) groups is 2. The number of carbonyl (C=O) groups excluding carboxylic acids is 2. The van der Waals surface area contributed by atoms with Crippen LogP contribution in [0.5, 0.6) is 0 Å². The van der Waals surface area contributed by atoms with E-state index in [1.807, 2.05) is 52.0 Å². The van der Waals surface area contributed by atoms with Gasteiger partial charge in [0.25, 0.3) is 0 Å².